The molecule has 206 valence electrons. The van der Waals surface area contributed by atoms with Gasteiger partial charge in [-0.3, -0.25) is 9.69 Å². The third-order valence-electron chi connectivity index (χ3n) is 7.84. The predicted octanol–water partition coefficient (Wildman–Crippen LogP) is 3.59. The van der Waals surface area contributed by atoms with Gasteiger partial charge in [0.25, 0.3) is 5.91 Å². The summed E-state index contributed by atoms with van der Waals surface area (Å²) < 4.78 is 17.5. The molecule has 2 aromatic rings. The number of amides is 1. The van der Waals surface area contributed by atoms with Gasteiger partial charge in [-0.2, -0.15) is 0 Å². The molecule has 9 heteroatoms. The summed E-state index contributed by atoms with van der Waals surface area (Å²) in [6.07, 6.45) is 7.50. The Labute approximate surface area is 226 Å². The van der Waals surface area contributed by atoms with Crippen LogP contribution in [0.4, 0.5) is 5.95 Å². The standard InChI is InChI=1S/C29H41N5O4/c1-4-36-25-18-22(19-26(37-5-2)27(25)38-6-3)28(35)33-12-10-21-20-30-29(31-24(21)11-13-33)34-16-14-32(15-17-34)23-8-7-9-23/h18-20,23H,4-17H2,1-3H3. The van der Waals surface area contributed by atoms with Crippen molar-refractivity contribution in [3.05, 3.63) is 35.2 Å². The topological polar surface area (TPSA) is 80.3 Å². The molecule has 3 aliphatic rings. The van der Waals surface area contributed by atoms with Crippen molar-refractivity contribution in [2.75, 3.05) is 64.0 Å². The van der Waals surface area contributed by atoms with E-state index >= 15 is 0 Å². The molecule has 0 radical (unpaired) electrons. The van der Waals surface area contributed by atoms with Gasteiger partial charge in [0.15, 0.2) is 11.5 Å². The molecule has 5 rings (SSSR count). The summed E-state index contributed by atoms with van der Waals surface area (Å²) in [6.45, 7) is 12.5. The predicted molar refractivity (Wildman–Crippen MR) is 147 cm³/mol. The van der Waals surface area contributed by atoms with Gasteiger partial charge in [0.1, 0.15) is 0 Å². The van der Waals surface area contributed by atoms with Crippen LogP contribution < -0.4 is 19.1 Å². The first-order valence-corrected chi connectivity index (χ1v) is 14.3. The van der Waals surface area contributed by atoms with Crippen LogP contribution in [0.15, 0.2) is 18.3 Å². The lowest BCUT2D eigenvalue weighted by molar-refractivity contribution is 0.0761. The van der Waals surface area contributed by atoms with Crippen molar-refractivity contribution < 1.29 is 19.0 Å². The second-order valence-corrected chi connectivity index (χ2v) is 10.1. The minimum Gasteiger partial charge on any atom is -0.490 e. The van der Waals surface area contributed by atoms with E-state index in [0.717, 1.165) is 55.8 Å². The third-order valence-corrected chi connectivity index (χ3v) is 7.84. The van der Waals surface area contributed by atoms with Crippen molar-refractivity contribution in [3.8, 4) is 17.2 Å². The van der Waals surface area contributed by atoms with Crippen molar-refractivity contribution in [2.24, 2.45) is 0 Å². The maximum Gasteiger partial charge on any atom is 0.254 e. The zero-order chi connectivity index (χ0) is 26.5. The minimum absolute atomic E-state index is 0.0388. The molecule has 2 fully saturated rings. The molecule has 1 saturated heterocycles. The Morgan fingerprint density at radius 1 is 0.895 bits per heavy atom. The number of anilines is 1. The smallest absolute Gasteiger partial charge is 0.254 e. The van der Waals surface area contributed by atoms with Crippen LogP contribution in [0, 0.1) is 0 Å². The molecule has 1 aliphatic carbocycles. The first kappa shape index (κ1) is 26.5. The van der Waals surface area contributed by atoms with Crippen LogP contribution in [0.25, 0.3) is 0 Å². The highest BCUT2D eigenvalue weighted by molar-refractivity contribution is 5.95. The number of aromatic nitrogens is 2. The zero-order valence-corrected chi connectivity index (χ0v) is 23.1. The van der Waals surface area contributed by atoms with Crippen molar-refractivity contribution in [3.63, 3.8) is 0 Å². The first-order valence-electron chi connectivity index (χ1n) is 14.3. The SMILES string of the molecule is CCOc1cc(C(=O)N2CCc3cnc(N4CCN(C5CCC5)CC4)nc3CC2)cc(OCC)c1OCC. The van der Waals surface area contributed by atoms with E-state index in [9.17, 15) is 4.79 Å². The Morgan fingerprint density at radius 2 is 1.55 bits per heavy atom. The van der Waals surface area contributed by atoms with Crippen molar-refractivity contribution >= 4 is 11.9 Å². The highest BCUT2D eigenvalue weighted by Gasteiger charge is 2.29. The van der Waals surface area contributed by atoms with Crippen LogP contribution in [0.1, 0.15) is 61.6 Å². The first-order chi connectivity index (χ1) is 18.6. The summed E-state index contributed by atoms with van der Waals surface area (Å²) in [7, 11) is 0. The Kier molecular flexibility index (Phi) is 8.51. The fourth-order valence-corrected chi connectivity index (χ4v) is 5.55. The van der Waals surface area contributed by atoms with Crippen LogP contribution >= 0.6 is 0 Å². The molecule has 0 bridgehead atoms. The van der Waals surface area contributed by atoms with E-state index in [-0.39, 0.29) is 5.91 Å². The normalized spacial score (nSPS) is 18.4. The molecule has 0 spiro atoms. The van der Waals surface area contributed by atoms with E-state index in [0.29, 0.717) is 62.1 Å². The van der Waals surface area contributed by atoms with Crippen molar-refractivity contribution in [1.29, 1.82) is 0 Å². The average molecular weight is 524 g/mol. The number of carbonyl (C=O) groups is 1. The van der Waals surface area contributed by atoms with Crippen LogP contribution in [0.3, 0.4) is 0 Å². The number of rotatable bonds is 9. The molecular weight excluding hydrogens is 482 g/mol. The van der Waals surface area contributed by atoms with Gasteiger partial charge in [-0.1, -0.05) is 6.42 Å². The third kappa shape index (κ3) is 5.67. The minimum atomic E-state index is -0.0388. The van der Waals surface area contributed by atoms with Crippen LogP contribution in [-0.4, -0.2) is 90.8 Å². The molecule has 0 atom stereocenters. The molecule has 1 aromatic heterocycles. The maximum absolute atomic E-state index is 13.6. The Balaban J connectivity index is 1.27. The van der Waals surface area contributed by atoms with Gasteiger partial charge in [0, 0.05) is 63.5 Å². The average Bonchev–Trinajstić information content (AvgIpc) is 3.12. The van der Waals surface area contributed by atoms with E-state index in [4.69, 9.17) is 24.2 Å². The highest BCUT2D eigenvalue weighted by atomic mass is 16.5. The van der Waals surface area contributed by atoms with E-state index in [2.05, 4.69) is 9.80 Å². The number of piperazine rings is 1. The summed E-state index contributed by atoms with van der Waals surface area (Å²) >= 11 is 0. The van der Waals surface area contributed by atoms with Crippen molar-refractivity contribution in [2.45, 2.75) is 58.9 Å². The zero-order valence-electron chi connectivity index (χ0n) is 23.1. The van der Waals surface area contributed by atoms with Gasteiger partial charge in [0.2, 0.25) is 11.7 Å². The number of fused-ring (bicyclic) bond motifs is 1. The molecule has 0 unspecified atom stereocenters. The summed E-state index contributed by atoms with van der Waals surface area (Å²) in [5, 5.41) is 0. The molecule has 38 heavy (non-hydrogen) atoms. The number of hydrogen-bond donors (Lipinski definition) is 0. The lowest BCUT2D eigenvalue weighted by Gasteiger charge is -2.43. The van der Waals surface area contributed by atoms with E-state index in [1.165, 1.54) is 19.3 Å². The molecule has 1 saturated carbocycles. The summed E-state index contributed by atoms with van der Waals surface area (Å²) in [4.78, 5) is 30.2. The quantitative estimate of drug-likeness (QED) is 0.494. The van der Waals surface area contributed by atoms with Gasteiger partial charge >= 0.3 is 0 Å². The Hall–Kier alpha value is -3.07. The summed E-state index contributed by atoms with van der Waals surface area (Å²) in [5.41, 5.74) is 2.74. The lowest BCUT2D eigenvalue weighted by Crippen LogP contribution is -2.52. The van der Waals surface area contributed by atoms with E-state index in [1.54, 1.807) is 12.1 Å². The number of benzene rings is 1. The Morgan fingerprint density at radius 3 is 2.16 bits per heavy atom. The molecular formula is C29H41N5O4. The molecule has 1 amide bonds. The fraction of sp³-hybridized carbons (Fsp3) is 0.621. The largest absolute Gasteiger partial charge is 0.490 e. The monoisotopic (exact) mass is 523 g/mol. The second kappa shape index (κ2) is 12.2. The number of hydrogen-bond acceptors (Lipinski definition) is 8. The van der Waals surface area contributed by atoms with Crippen LogP contribution in [-0.2, 0) is 12.8 Å². The van der Waals surface area contributed by atoms with Crippen molar-refractivity contribution in [1.82, 2.24) is 19.8 Å². The number of carbonyl (C=O) groups excluding carboxylic acids is 1. The number of ether oxygens (including phenoxy) is 3. The van der Waals surface area contributed by atoms with Gasteiger partial charge in [0.05, 0.1) is 25.5 Å². The van der Waals surface area contributed by atoms with Gasteiger partial charge in [-0.15, -0.1) is 0 Å². The lowest BCUT2D eigenvalue weighted by atomic mass is 9.91. The van der Waals surface area contributed by atoms with E-state index in [1.807, 2.05) is 31.9 Å². The van der Waals surface area contributed by atoms with Gasteiger partial charge in [-0.05, 0) is 57.7 Å². The number of nitrogens with zero attached hydrogens (tertiary/aromatic N) is 5. The fourth-order valence-electron chi connectivity index (χ4n) is 5.55. The molecule has 9 nitrogen and oxygen atoms in total. The molecule has 1 aromatic carbocycles. The van der Waals surface area contributed by atoms with Gasteiger partial charge < -0.3 is 24.0 Å². The summed E-state index contributed by atoms with van der Waals surface area (Å²) in [5.74, 6) is 2.41. The van der Waals surface area contributed by atoms with Crippen LogP contribution in [0.2, 0.25) is 0 Å². The second-order valence-electron chi connectivity index (χ2n) is 10.1. The molecule has 3 heterocycles. The molecule has 2 aliphatic heterocycles. The highest BCUT2D eigenvalue weighted by Crippen LogP contribution is 2.39. The van der Waals surface area contributed by atoms with E-state index < -0.39 is 0 Å². The maximum atomic E-state index is 13.6. The van der Waals surface area contributed by atoms with Crippen LogP contribution in [0.5, 0.6) is 17.2 Å². The molecule has 0 N–H and O–H groups in total. The summed E-state index contributed by atoms with van der Waals surface area (Å²) in [6, 6.07) is 4.34. The Bertz CT molecular complexity index is 1090. The van der Waals surface area contributed by atoms with Gasteiger partial charge in [-0.25, -0.2) is 9.97 Å².